The molecule has 0 N–H and O–H groups in total. The Morgan fingerprint density at radius 3 is 2.56 bits per heavy atom. The lowest BCUT2D eigenvalue weighted by atomic mass is 10.3. The smallest absolute Gasteiger partial charge is 0.329 e. The summed E-state index contributed by atoms with van der Waals surface area (Å²) >= 11 is 0. The molecule has 3 rings (SSSR count). The zero-order valence-electron chi connectivity index (χ0n) is 15.7. The van der Waals surface area contributed by atoms with E-state index in [2.05, 4.69) is 22.4 Å². The first kappa shape index (κ1) is 18.8. The number of unbranched alkanes of at least 4 members (excludes halogenated alkanes) is 1. The van der Waals surface area contributed by atoms with Crippen LogP contribution in [0.1, 0.15) is 38.9 Å². The predicted octanol–water partition coefficient (Wildman–Crippen LogP) is 1.74. The van der Waals surface area contributed by atoms with Gasteiger partial charge in [-0.25, -0.2) is 9.48 Å². The van der Waals surface area contributed by atoms with Crippen LogP contribution in [0.5, 0.6) is 0 Å². The van der Waals surface area contributed by atoms with Crippen molar-refractivity contribution in [3.63, 3.8) is 0 Å². The Labute approximate surface area is 156 Å². The number of para-hydroxylation sites is 2. The van der Waals surface area contributed by atoms with Crippen LogP contribution in [-0.4, -0.2) is 35.3 Å². The van der Waals surface area contributed by atoms with E-state index in [1.54, 1.807) is 13.8 Å². The minimum atomic E-state index is -0.389. The summed E-state index contributed by atoms with van der Waals surface area (Å²) in [5.74, 6) is 0.136. The van der Waals surface area contributed by atoms with Crippen molar-refractivity contribution in [1.82, 2.24) is 29.3 Å². The second kappa shape index (κ2) is 8.61. The molecule has 0 fully saturated rings. The number of hydrogen-bond acceptors (Lipinski definition) is 6. The van der Waals surface area contributed by atoms with E-state index in [9.17, 15) is 9.59 Å². The molecule has 0 aliphatic carbocycles. The molecule has 0 radical (unpaired) electrons. The van der Waals surface area contributed by atoms with E-state index in [1.807, 2.05) is 31.2 Å². The highest BCUT2D eigenvalue weighted by Gasteiger charge is 2.14. The van der Waals surface area contributed by atoms with Gasteiger partial charge in [-0.15, -0.1) is 5.10 Å². The lowest BCUT2D eigenvalue weighted by Gasteiger charge is -2.06. The van der Waals surface area contributed by atoms with E-state index in [4.69, 9.17) is 4.74 Å². The van der Waals surface area contributed by atoms with Crippen molar-refractivity contribution in [2.24, 2.45) is 0 Å². The Morgan fingerprint density at radius 1 is 1.11 bits per heavy atom. The third kappa shape index (κ3) is 4.07. The highest BCUT2D eigenvalue weighted by molar-refractivity contribution is 5.76. The summed E-state index contributed by atoms with van der Waals surface area (Å²) in [5, 5.41) is 11.4. The second-order valence-electron chi connectivity index (χ2n) is 6.25. The fourth-order valence-electron chi connectivity index (χ4n) is 3.02. The maximum atomic E-state index is 12.6. The number of rotatable bonds is 9. The third-order valence-corrected chi connectivity index (χ3v) is 4.47. The molecular formula is C18H24N6O3. The van der Waals surface area contributed by atoms with E-state index in [-0.39, 0.29) is 31.2 Å². The number of carbonyl (C=O) groups excluding carboxylic acids is 1. The highest BCUT2D eigenvalue weighted by atomic mass is 16.5. The number of esters is 1. The number of aryl methyl sites for hydroxylation is 3. The molecule has 2 heterocycles. The normalized spacial score (nSPS) is 11.2. The molecule has 0 bridgehead atoms. The van der Waals surface area contributed by atoms with Crippen molar-refractivity contribution in [3.05, 3.63) is 40.6 Å². The van der Waals surface area contributed by atoms with E-state index in [0.717, 1.165) is 23.9 Å². The topological polar surface area (TPSA) is 96.8 Å². The minimum Gasteiger partial charge on any atom is -0.457 e. The monoisotopic (exact) mass is 372 g/mol. The maximum absolute atomic E-state index is 12.6. The standard InChI is InChI=1S/C18H24N6O3/c1-3-5-11-24-16(19-20-21-24)13-27-17(25)10-12-23-15-9-7-6-8-14(15)22(4-2)18(23)26/h6-9H,3-5,10-13H2,1-2H3. The van der Waals surface area contributed by atoms with Gasteiger partial charge in [0.15, 0.2) is 12.4 Å². The first-order valence-electron chi connectivity index (χ1n) is 9.24. The Balaban J connectivity index is 1.62. The molecule has 0 aliphatic rings. The van der Waals surface area contributed by atoms with Crippen LogP contribution in [0.25, 0.3) is 11.0 Å². The molecule has 0 saturated carbocycles. The molecule has 0 saturated heterocycles. The molecule has 0 unspecified atom stereocenters. The van der Waals surface area contributed by atoms with Crippen molar-refractivity contribution in [2.45, 2.75) is 59.4 Å². The molecule has 1 aromatic carbocycles. The Bertz CT molecular complexity index is 971. The predicted molar refractivity (Wildman–Crippen MR) is 99.0 cm³/mol. The van der Waals surface area contributed by atoms with Gasteiger partial charge in [-0.1, -0.05) is 25.5 Å². The Hall–Kier alpha value is -2.97. The van der Waals surface area contributed by atoms with E-state index in [0.29, 0.717) is 18.9 Å². The Morgan fingerprint density at radius 2 is 1.85 bits per heavy atom. The molecule has 144 valence electrons. The van der Waals surface area contributed by atoms with Crippen LogP contribution in [0.15, 0.2) is 29.1 Å². The molecule has 0 amide bonds. The lowest BCUT2D eigenvalue weighted by molar-refractivity contribution is -0.145. The molecule has 3 aromatic rings. The summed E-state index contributed by atoms with van der Waals surface area (Å²) < 4.78 is 10.3. The van der Waals surface area contributed by atoms with Gasteiger partial charge in [0, 0.05) is 19.6 Å². The number of hydrogen-bond donors (Lipinski definition) is 0. The summed E-state index contributed by atoms with van der Waals surface area (Å²) in [6, 6.07) is 7.57. The van der Waals surface area contributed by atoms with E-state index < -0.39 is 0 Å². The average molecular weight is 372 g/mol. The number of nitrogens with zero attached hydrogens (tertiary/aromatic N) is 6. The highest BCUT2D eigenvalue weighted by Crippen LogP contribution is 2.13. The average Bonchev–Trinajstić information content (AvgIpc) is 3.24. The molecule has 9 nitrogen and oxygen atoms in total. The molecule has 27 heavy (non-hydrogen) atoms. The minimum absolute atomic E-state index is 0.0289. The second-order valence-corrected chi connectivity index (χ2v) is 6.25. The van der Waals surface area contributed by atoms with E-state index in [1.165, 1.54) is 0 Å². The number of imidazole rings is 1. The SMILES string of the molecule is CCCCn1nnnc1COC(=O)CCn1c(=O)n(CC)c2ccccc21. The van der Waals surface area contributed by atoms with Crippen molar-refractivity contribution >= 4 is 17.0 Å². The van der Waals surface area contributed by atoms with Gasteiger partial charge >= 0.3 is 11.7 Å². The number of ether oxygens (including phenoxy) is 1. The largest absolute Gasteiger partial charge is 0.457 e. The van der Waals surface area contributed by atoms with Crippen LogP contribution in [0, 0.1) is 0 Å². The van der Waals surface area contributed by atoms with Crippen LogP contribution in [0.4, 0.5) is 0 Å². The number of fused-ring (bicyclic) bond motifs is 1. The molecule has 0 atom stereocenters. The molecule has 2 aromatic heterocycles. The third-order valence-electron chi connectivity index (χ3n) is 4.47. The quantitative estimate of drug-likeness (QED) is 0.531. The Kier molecular flexibility index (Phi) is 6.00. The summed E-state index contributed by atoms with van der Waals surface area (Å²) in [7, 11) is 0. The molecule has 0 spiro atoms. The number of benzene rings is 1. The number of carbonyl (C=O) groups is 1. The van der Waals surface area contributed by atoms with Crippen molar-refractivity contribution in [2.75, 3.05) is 0 Å². The van der Waals surface area contributed by atoms with Crippen molar-refractivity contribution < 1.29 is 9.53 Å². The van der Waals surface area contributed by atoms with Gasteiger partial charge in [-0.3, -0.25) is 13.9 Å². The molecule has 0 aliphatic heterocycles. The van der Waals surface area contributed by atoms with Crippen molar-refractivity contribution in [1.29, 1.82) is 0 Å². The van der Waals surface area contributed by atoms with Crippen LogP contribution in [-0.2, 0) is 35.8 Å². The molecular weight excluding hydrogens is 348 g/mol. The first-order chi connectivity index (χ1) is 13.2. The van der Waals surface area contributed by atoms with Crippen molar-refractivity contribution in [3.8, 4) is 0 Å². The first-order valence-corrected chi connectivity index (χ1v) is 9.24. The van der Waals surface area contributed by atoms with Gasteiger partial charge in [-0.2, -0.15) is 0 Å². The lowest BCUT2D eigenvalue weighted by Crippen LogP contribution is -2.25. The van der Waals surface area contributed by atoms with Gasteiger partial charge in [0.1, 0.15) is 0 Å². The fourth-order valence-corrected chi connectivity index (χ4v) is 3.02. The van der Waals surface area contributed by atoms with Gasteiger partial charge in [0.05, 0.1) is 17.5 Å². The van der Waals surface area contributed by atoms with Crippen LogP contribution < -0.4 is 5.69 Å². The van der Waals surface area contributed by atoms with Gasteiger partial charge in [-0.05, 0) is 35.9 Å². The summed E-state index contributed by atoms with van der Waals surface area (Å²) in [5.41, 5.74) is 1.57. The summed E-state index contributed by atoms with van der Waals surface area (Å²) in [6.07, 6.45) is 2.09. The summed E-state index contributed by atoms with van der Waals surface area (Å²) in [6.45, 7) is 5.59. The summed E-state index contributed by atoms with van der Waals surface area (Å²) in [4.78, 5) is 24.7. The fraction of sp³-hybridized carbons (Fsp3) is 0.500. The van der Waals surface area contributed by atoms with Crippen LogP contribution >= 0.6 is 0 Å². The van der Waals surface area contributed by atoms with E-state index >= 15 is 0 Å². The van der Waals surface area contributed by atoms with Crippen LogP contribution in [0.2, 0.25) is 0 Å². The van der Waals surface area contributed by atoms with Crippen LogP contribution in [0.3, 0.4) is 0 Å². The number of tetrazole rings is 1. The number of aromatic nitrogens is 6. The molecule has 9 heteroatoms. The van der Waals surface area contributed by atoms with Gasteiger partial charge < -0.3 is 4.74 Å². The van der Waals surface area contributed by atoms with Gasteiger partial charge in [0.2, 0.25) is 0 Å². The maximum Gasteiger partial charge on any atom is 0.329 e. The van der Waals surface area contributed by atoms with Gasteiger partial charge in [0.25, 0.3) is 0 Å². The zero-order valence-corrected chi connectivity index (χ0v) is 15.7. The zero-order chi connectivity index (χ0) is 19.2.